The average molecular weight is 485 g/mol. The molecule has 3 N–H and O–H groups in total. The van der Waals surface area contributed by atoms with Crippen molar-refractivity contribution in [2.75, 3.05) is 18.4 Å². The number of anilines is 1. The number of pyridine rings is 1. The summed E-state index contributed by atoms with van der Waals surface area (Å²) in [6.45, 7) is 10.6. The van der Waals surface area contributed by atoms with Crippen molar-refractivity contribution in [2.24, 2.45) is 5.92 Å². The first-order valence-electron chi connectivity index (χ1n) is 12.5. The molecule has 0 radical (unpaired) electrons. The fourth-order valence-electron chi connectivity index (χ4n) is 5.47. The molecule has 1 atom stereocenters. The minimum absolute atomic E-state index is 0.166. The zero-order valence-electron chi connectivity index (χ0n) is 20.8. The van der Waals surface area contributed by atoms with Crippen molar-refractivity contribution in [3.05, 3.63) is 61.5 Å². The van der Waals surface area contributed by atoms with Gasteiger partial charge in [0.2, 0.25) is 0 Å². The summed E-state index contributed by atoms with van der Waals surface area (Å²) in [7, 11) is 0. The number of carbonyl (C=O) groups is 1. The molecule has 0 bridgehead atoms. The van der Waals surface area contributed by atoms with Crippen LogP contribution in [-0.4, -0.2) is 41.0 Å². The molecular weight excluding hydrogens is 448 g/mol. The molecule has 4 rings (SSSR count). The van der Waals surface area contributed by atoms with E-state index in [1.165, 1.54) is 45.2 Å². The number of carbonyl (C=O) groups excluding carboxylic acids is 1. The van der Waals surface area contributed by atoms with Crippen LogP contribution in [0, 0.1) is 26.7 Å². The zero-order valence-corrected chi connectivity index (χ0v) is 21.5. The summed E-state index contributed by atoms with van der Waals surface area (Å²) in [6, 6.07) is 6.59. The fraction of sp³-hybridized carbons (Fsp3) is 0.556. The monoisotopic (exact) mass is 484 g/mol. The molecule has 2 aliphatic rings. The molecule has 1 aliphatic carbocycles. The lowest BCUT2D eigenvalue weighted by Crippen LogP contribution is -2.47. The predicted octanol–water partition coefficient (Wildman–Crippen LogP) is 4.95. The number of aromatic amines is 1. The third-order valence-corrected chi connectivity index (χ3v) is 7.99. The van der Waals surface area contributed by atoms with E-state index >= 15 is 0 Å². The summed E-state index contributed by atoms with van der Waals surface area (Å²) in [5.41, 5.74) is 4.38. The Morgan fingerprint density at radius 1 is 1.15 bits per heavy atom. The van der Waals surface area contributed by atoms with E-state index in [4.69, 9.17) is 11.6 Å². The van der Waals surface area contributed by atoms with Gasteiger partial charge in [0.1, 0.15) is 0 Å². The third-order valence-electron chi connectivity index (χ3n) is 7.78. The van der Waals surface area contributed by atoms with E-state index in [-0.39, 0.29) is 18.0 Å². The van der Waals surface area contributed by atoms with Gasteiger partial charge in [-0.2, -0.15) is 0 Å². The average Bonchev–Trinajstić information content (AvgIpc) is 2.74. The number of nitrogens with one attached hydrogen (secondary N) is 3. The van der Waals surface area contributed by atoms with Crippen molar-refractivity contribution >= 4 is 23.2 Å². The first-order chi connectivity index (χ1) is 16.2. The van der Waals surface area contributed by atoms with Crippen molar-refractivity contribution < 1.29 is 4.79 Å². The topological polar surface area (TPSA) is 77.2 Å². The van der Waals surface area contributed by atoms with Crippen molar-refractivity contribution in [3.63, 3.8) is 0 Å². The maximum atomic E-state index is 13.0. The molecule has 1 amide bonds. The zero-order chi connectivity index (χ0) is 24.4. The van der Waals surface area contributed by atoms with E-state index in [1.807, 2.05) is 32.9 Å². The Bertz CT molecular complexity index is 1100. The molecule has 1 aromatic carbocycles. The Balaban J connectivity index is 1.41. The molecule has 1 aliphatic heterocycles. The fourth-order valence-corrected chi connectivity index (χ4v) is 5.68. The molecule has 1 saturated carbocycles. The summed E-state index contributed by atoms with van der Waals surface area (Å²) in [5, 5.41) is 7.08. The molecule has 7 heteroatoms. The lowest BCUT2D eigenvalue weighted by molar-refractivity contribution is 0.0769. The molecule has 1 aromatic heterocycles. The van der Waals surface area contributed by atoms with Crippen molar-refractivity contribution in [2.45, 2.75) is 78.4 Å². The smallest absolute Gasteiger partial charge is 0.253 e. The predicted molar refractivity (Wildman–Crippen MR) is 139 cm³/mol. The maximum absolute atomic E-state index is 13.0. The normalized spacial score (nSPS) is 21.6. The lowest BCUT2D eigenvalue weighted by Gasteiger charge is -2.43. The minimum Gasteiger partial charge on any atom is -0.382 e. The summed E-state index contributed by atoms with van der Waals surface area (Å²) in [4.78, 5) is 30.8. The Kier molecular flexibility index (Phi) is 7.68. The first-order valence-corrected chi connectivity index (χ1v) is 12.9. The van der Waals surface area contributed by atoms with E-state index in [9.17, 15) is 9.59 Å². The molecule has 0 spiro atoms. The Labute approximate surface area is 207 Å². The molecule has 6 nitrogen and oxygen atoms in total. The SMILES string of the molecule is Cc1cc(C)c(CNC(=O)c2cc(Cl)cc(NC(C)C3CCC(N4CCC4)CC3)c2C)c(=O)[nH]1. The van der Waals surface area contributed by atoms with E-state index < -0.39 is 0 Å². The largest absolute Gasteiger partial charge is 0.382 e. The summed E-state index contributed by atoms with van der Waals surface area (Å²) in [5.74, 6) is 0.384. The number of nitrogens with zero attached hydrogens (tertiary/aromatic N) is 1. The number of H-pyrrole nitrogens is 1. The third kappa shape index (κ3) is 5.49. The highest BCUT2D eigenvalue weighted by atomic mass is 35.5. The number of hydrogen-bond donors (Lipinski definition) is 3. The van der Waals surface area contributed by atoms with Crippen LogP contribution in [0.2, 0.25) is 5.02 Å². The molecule has 2 heterocycles. The van der Waals surface area contributed by atoms with Crippen molar-refractivity contribution in [1.29, 1.82) is 0 Å². The van der Waals surface area contributed by atoms with Crippen LogP contribution in [0.15, 0.2) is 23.0 Å². The van der Waals surface area contributed by atoms with Gasteiger partial charge in [0.25, 0.3) is 11.5 Å². The van der Waals surface area contributed by atoms with Crippen LogP contribution in [0.5, 0.6) is 0 Å². The number of hydrogen-bond acceptors (Lipinski definition) is 4. The summed E-state index contributed by atoms with van der Waals surface area (Å²) >= 11 is 6.42. The standard InChI is InChI=1S/C27H37ClN4O2/c1-16-12-17(2)30-27(34)24(16)15-29-26(33)23-13-21(28)14-25(18(23)3)31-19(4)20-6-8-22(9-7-20)32-10-5-11-32/h12-14,19-20,22,31H,5-11,15H2,1-4H3,(H,29,33)(H,30,34). The van der Waals surface area contributed by atoms with E-state index in [1.54, 1.807) is 6.07 Å². The quantitative estimate of drug-likeness (QED) is 0.519. The molecule has 34 heavy (non-hydrogen) atoms. The molecule has 2 fully saturated rings. The van der Waals surface area contributed by atoms with Gasteiger partial charge in [0.15, 0.2) is 0 Å². The van der Waals surface area contributed by atoms with Gasteiger partial charge in [-0.05, 0) is 108 Å². The molecule has 2 aromatic rings. The molecule has 1 unspecified atom stereocenters. The number of benzene rings is 1. The van der Waals surface area contributed by atoms with Crippen LogP contribution < -0.4 is 16.2 Å². The van der Waals surface area contributed by atoms with Gasteiger partial charge in [0, 0.05) is 46.2 Å². The minimum atomic E-state index is -0.231. The van der Waals surface area contributed by atoms with Crippen LogP contribution >= 0.6 is 11.6 Å². The number of aromatic nitrogens is 1. The molecule has 184 valence electrons. The number of rotatable bonds is 7. The van der Waals surface area contributed by atoms with Gasteiger partial charge in [-0.15, -0.1) is 0 Å². The Morgan fingerprint density at radius 2 is 1.85 bits per heavy atom. The highest BCUT2D eigenvalue weighted by Crippen LogP contribution is 2.34. The maximum Gasteiger partial charge on any atom is 0.253 e. The van der Waals surface area contributed by atoms with Gasteiger partial charge >= 0.3 is 0 Å². The summed E-state index contributed by atoms with van der Waals surface area (Å²) < 4.78 is 0. The Morgan fingerprint density at radius 3 is 2.47 bits per heavy atom. The van der Waals surface area contributed by atoms with E-state index in [0.717, 1.165) is 28.6 Å². The number of halogens is 1. The highest BCUT2D eigenvalue weighted by molar-refractivity contribution is 6.31. The van der Waals surface area contributed by atoms with Crippen LogP contribution in [0.25, 0.3) is 0 Å². The molecule has 1 saturated heterocycles. The second kappa shape index (κ2) is 10.5. The summed E-state index contributed by atoms with van der Waals surface area (Å²) in [6.07, 6.45) is 6.36. The van der Waals surface area contributed by atoms with Gasteiger partial charge in [0.05, 0.1) is 0 Å². The number of likely N-dealkylation sites (tertiary alicyclic amines) is 1. The van der Waals surface area contributed by atoms with E-state index in [0.29, 0.717) is 28.1 Å². The van der Waals surface area contributed by atoms with Gasteiger partial charge in [-0.1, -0.05) is 11.6 Å². The van der Waals surface area contributed by atoms with Crippen LogP contribution in [0.4, 0.5) is 5.69 Å². The first kappa shape index (κ1) is 24.8. The highest BCUT2D eigenvalue weighted by Gasteiger charge is 2.31. The second-order valence-electron chi connectivity index (χ2n) is 10.1. The lowest BCUT2D eigenvalue weighted by atomic mass is 9.80. The van der Waals surface area contributed by atoms with Crippen molar-refractivity contribution in [3.8, 4) is 0 Å². The van der Waals surface area contributed by atoms with Gasteiger partial charge in [-0.3, -0.25) is 9.59 Å². The van der Waals surface area contributed by atoms with Gasteiger partial charge in [-0.25, -0.2) is 0 Å². The van der Waals surface area contributed by atoms with Crippen LogP contribution in [0.3, 0.4) is 0 Å². The van der Waals surface area contributed by atoms with Gasteiger partial charge < -0.3 is 20.5 Å². The van der Waals surface area contributed by atoms with Crippen molar-refractivity contribution in [1.82, 2.24) is 15.2 Å². The molecular formula is C27H37ClN4O2. The van der Waals surface area contributed by atoms with E-state index in [2.05, 4.69) is 27.4 Å². The Hall–Kier alpha value is -2.31. The number of aryl methyl sites for hydroxylation is 2. The second-order valence-corrected chi connectivity index (χ2v) is 10.6. The number of amides is 1. The van der Waals surface area contributed by atoms with Crippen LogP contribution in [0.1, 0.15) is 71.8 Å². The van der Waals surface area contributed by atoms with Crippen LogP contribution in [-0.2, 0) is 6.54 Å².